The number of benzene rings is 1. The molecule has 1 N–H and O–H groups in total. The molecule has 0 saturated carbocycles. The van der Waals surface area contributed by atoms with E-state index in [1.807, 2.05) is 23.6 Å². The zero-order valence-corrected chi connectivity index (χ0v) is 13.5. The van der Waals surface area contributed by atoms with Crippen molar-refractivity contribution in [2.75, 3.05) is 23.3 Å². The molecule has 0 aliphatic heterocycles. The summed E-state index contributed by atoms with van der Waals surface area (Å²) in [6.45, 7) is 6.26. The highest BCUT2D eigenvalue weighted by Gasteiger charge is 2.05. The van der Waals surface area contributed by atoms with Gasteiger partial charge in [0, 0.05) is 35.8 Å². The molecule has 2 rings (SSSR count). The summed E-state index contributed by atoms with van der Waals surface area (Å²) in [5.74, 6) is 0.0685. The molecule has 0 aliphatic rings. The van der Waals surface area contributed by atoms with Crippen LogP contribution in [0, 0.1) is 0 Å². The Morgan fingerprint density at radius 2 is 1.86 bits per heavy atom. The van der Waals surface area contributed by atoms with Gasteiger partial charge in [0.25, 0.3) is 0 Å². The van der Waals surface area contributed by atoms with Crippen LogP contribution in [-0.4, -0.2) is 19.0 Å². The molecule has 2 aromatic rings. The Labute approximate surface area is 130 Å². The lowest BCUT2D eigenvalue weighted by molar-refractivity contribution is -0.116. The van der Waals surface area contributed by atoms with Gasteiger partial charge < -0.3 is 10.2 Å². The normalized spacial score (nSPS) is 10.4. The zero-order valence-electron chi connectivity index (χ0n) is 12.6. The minimum absolute atomic E-state index is 0.0685. The van der Waals surface area contributed by atoms with Gasteiger partial charge >= 0.3 is 0 Å². The highest BCUT2D eigenvalue weighted by Crippen LogP contribution is 2.18. The van der Waals surface area contributed by atoms with Gasteiger partial charge in [-0.3, -0.25) is 4.79 Å². The molecule has 0 spiro atoms. The van der Waals surface area contributed by atoms with Gasteiger partial charge in [-0.25, -0.2) is 0 Å². The fourth-order valence-electron chi connectivity index (χ4n) is 2.26. The maximum absolute atomic E-state index is 11.9. The number of anilines is 2. The second-order valence-electron chi connectivity index (χ2n) is 4.85. The van der Waals surface area contributed by atoms with Crippen molar-refractivity contribution in [2.24, 2.45) is 0 Å². The van der Waals surface area contributed by atoms with Gasteiger partial charge in [-0.2, -0.15) is 0 Å². The smallest absolute Gasteiger partial charge is 0.224 e. The number of hydrogen-bond acceptors (Lipinski definition) is 3. The van der Waals surface area contributed by atoms with Crippen LogP contribution in [0.3, 0.4) is 0 Å². The number of nitrogens with one attached hydrogen (secondary N) is 1. The Bertz CT molecular complexity index is 545. The molecule has 21 heavy (non-hydrogen) atoms. The van der Waals surface area contributed by atoms with Crippen LogP contribution >= 0.6 is 11.3 Å². The number of amides is 1. The molecule has 4 heteroatoms. The Morgan fingerprint density at radius 3 is 2.43 bits per heavy atom. The first-order valence-electron chi connectivity index (χ1n) is 7.40. The first kappa shape index (κ1) is 15.6. The molecule has 0 radical (unpaired) electrons. The summed E-state index contributed by atoms with van der Waals surface area (Å²) in [5, 5.41) is 4.99. The highest BCUT2D eigenvalue weighted by molar-refractivity contribution is 7.09. The molecular weight excluding hydrogens is 280 g/mol. The summed E-state index contributed by atoms with van der Waals surface area (Å²) < 4.78 is 0. The van der Waals surface area contributed by atoms with Crippen molar-refractivity contribution in [3.05, 3.63) is 46.7 Å². The van der Waals surface area contributed by atoms with E-state index in [-0.39, 0.29) is 5.91 Å². The van der Waals surface area contributed by atoms with Gasteiger partial charge in [0.1, 0.15) is 0 Å². The van der Waals surface area contributed by atoms with E-state index in [1.54, 1.807) is 11.3 Å². The van der Waals surface area contributed by atoms with E-state index >= 15 is 0 Å². The summed E-state index contributed by atoms with van der Waals surface area (Å²) in [4.78, 5) is 15.5. The molecule has 0 aliphatic carbocycles. The molecule has 3 nitrogen and oxygen atoms in total. The number of nitrogens with zero attached hydrogens (tertiary/aromatic N) is 1. The summed E-state index contributed by atoms with van der Waals surface area (Å²) in [7, 11) is 0. The molecule has 0 atom stereocenters. The lowest BCUT2D eigenvalue weighted by Gasteiger charge is -2.21. The largest absolute Gasteiger partial charge is 0.372 e. The molecular formula is C17H22N2OS. The quantitative estimate of drug-likeness (QED) is 0.832. The van der Waals surface area contributed by atoms with Gasteiger partial charge in [-0.15, -0.1) is 11.3 Å². The summed E-state index contributed by atoms with van der Waals surface area (Å²) in [6.07, 6.45) is 1.33. The van der Waals surface area contributed by atoms with E-state index in [9.17, 15) is 4.79 Å². The van der Waals surface area contributed by atoms with Crippen LogP contribution in [0.15, 0.2) is 41.8 Å². The second-order valence-corrected chi connectivity index (χ2v) is 5.88. The SMILES string of the molecule is CCN(CC)c1ccc(NC(=O)CCc2cccs2)cc1. The molecule has 0 bridgehead atoms. The number of aryl methyl sites for hydroxylation is 1. The van der Waals surface area contributed by atoms with Crippen molar-refractivity contribution in [1.82, 2.24) is 0 Å². The second kappa shape index (κ2) is 7.84. The number of rotatable bonds is 7. The predicted octanol–water partition coefficient (Wildman–Crippen LogP) is 4.17. The van der Waals surface area contributed by atoms with Gasteiger partial charge in [-0.05, 0) is 56.0 Å². The molecule has 112 valence electrons. The fraction of sp³-hybridized carbons (Fsp3) is 0.353. The van der Waals surface area contributed by atoms with Crippen molar-refractivity contribution in [3.63, 3.8) is 0 Å². The van der Waals surface area contributed by atoms with E-state index < -0.39 is 0 Å². The summed E-state index contributed by atoms with van der Waals surface area (Å²) in [6, 6.07) is 12.1. The monoisotopic (exact) mass is 302 g/mol. The van der Waals surface area contributed by atoms with Crippen LogP contribution < -0.4 is 10.2 Å². The summed E-state index contributed by atoms with van der Waals surface area (Å²) >= 11 is 1.70. The van der Waals surface area contributed by atoms with Gasteiger partial charge in [-0.1, -0.05) is 6.07 Å². The lowest BCUT2D eigenvalue weighted by atomic mass is 10.2. The van der Waals surface area contributed by atoms with Crippen molar-refractivity contribution >= 4 is 28.6 Å². The van der Waals surface area contributed by atoms with E-state index in [0.717, 1.165) is 25.2 Å². The Kier molecular flexibility index (Phi) is 5.81. The van der Waals surface area contributed by atoms with E-state index in [2.05, 4.69) is 42.3 Å². The number of thiophene rings is 1. The maximum Gasteiger partial charge on any atom is 0.224 e. The van der Waals surface area contributed by atoms with Crippen LogP contribution in [0.1, 0.15) is 25.1 Å². The highest BCUT2D eigenvalue weighted by atomic mass is 32.1. The van der Waals surface area contributed by atoms with Crippen LogP contribution in [0.4, 0.5) is 11.4 Å². The minimum atomic E-state index is 0.0685. The number of carbonyl (C=O) groups excluding carboxylic acids is 1. The Balaban J connectivity index is 1.86. The van der Waals surface area contributed by atoms with Crippen LogP contribution in [0.5, 0.6) is 0 Å². The first-order chi connectivity index (χ1) is 10.2. The molecule has 1 aromatic heterocycles. The average Bonchev–Trinajstić information content (AvgIpc) is 3.01. The van der Waals surface area contributed by atoms with Crippen LogP contribution in [-0.2, 0) is 11.2 Å². The van der Waals surface area contributed by atoms with Crippen molar-refractivity contribution in [2.45, 2.75) is 26.7 Å². The summed E-state index contributed by atoms with van der Waals surface area (Å²) in [5.41, 5.74) is 2.05. The number of carbonyl (C=O) groups is 1. The molecule has 0 saturated heterocycles. The van der Waals surface area contributed by atoms with Crippen molar-refractivity contribution in [3.8, 4) is 0 Å². The van der Waals surface area contributed by atoms with Crippen LogP contribution in [0.2, 0.25) is 0 Å². The third-order valence-corrected chi connectivity index (χ3v) is 4.39. The van der Waals surface area contributed by atoms with E-state index in [4.69, 9.17) is 0 Å². The third kappa shape index (κ3) is 4.60. The van der Waals surface area contributed by atoms with Crippen molar-refractivity contribution in [1.29, 1.82) is 0 Å². The third-order valence-electron chi connectivity index (χ3n) is 3.46. The molecule has 0 unspecified atom stereocenters. The molecule has 1 heterocycles. The predicted molar refractivity (Wildman–Crippen MR) is 91.3 cm³/mol. The zero-order chi connectivity index (χ0) is 15.1. The van der Waals surface area contributed by atoms with E-state index in [0.29, 0.717) is 6.42 Å². The topological polar surface area (TPSA) is 32.3 Å². The van der Waals surface area contributed by atoms with E-state index in [1.165, 1.54) is 10.6 Å². The lowest BCUT2D eigenvalue weighted by Crippen LogP contribution is -2.21. The van der Waals surface area contributed by atoms with Crippen LogP contribution in [0.25, 0.3) is 0 Å². The maximum atomic E-state index is 11.9. The van der Waals surface area contributed by atoms with Crippen molar-refractivity contribution < 1.29 is 4.79 Å². The Hall–Kier alpha value is -1.81. The standard InChI is InChI=1S/C17H22N2OS/c1-3-19(4-2)15-9-7-14(8-10-15)18-17(20)12-11-16-6-5-13-21-16/h5-10,13H,3-4,11-12H2,1-2H3,(H,18,20). The first-order valence-corrected chi connectivity index (χ1v) is 8.28. The number of hydrogen-bond donors (Lipinski definition) is 1. The van der Waals surface area contributed by atoms with Gasteiger partial charge in [0.15, 0.2) is 0 Å². The molecule has 1 amide bonds. The van der Waals surface area contributed by atoms with Gasteiger partial charge in [0.2, 0.25) is 5.91 Å². The Morgan fingerprint density at radius 1 is 1.14 bits per heavy atom. The fourth-order valence-corrected chi connectivity index (χ4v) is 2.97. The average molecular weight is 302 g/mol. The minimum Gasteiger partial charge on any atom is -0.372 e. The molecule has 0 fully saturated rings. The molecule has 1 aromatic carbocycles. The van der Waals surface area contributed by atoms with Gasteiger partial charge in [0.05, 0.1) is 0 Å².